The zero-order chi connectivity index (χ0) is 15.1. The zero-order valence-electron chi connectivity index (χ0n) is 12.6. The Labute approximate surface area is 144 Å². The first-order valence-corrected chi connectivity index (χ1v) is 9.31. The smallest absolute Gasteiger partial charge is 0.0711 e. The average Bonchev–Trinajstić information content (AvgIpc) is 2.82. The Morgan fingerprint density at radius 3 is 2.64 bits per heavy atom. The number of hydrogen-bond donors (Lipinski definition) is 0. The molecule has 0 N–H and O–H groups in total. The van der Waals surface area contributed by atoms with E-state index in [2.05, 4.69) is 70.4 Å². The second-order valence-electron chi connectivity index (χ2n) is 6.03. The third kappa shape index (κ3) is 2.51. The molecule has 3 heteroatoms. The number of benzene rings is 1. The number of rotatable bonds is 0. The van der Waals surface area contributed by atoms with Crippen LogP contribution in [0.25, 0.3) is 17.7 Å². The van der Waals surface area contributed by atoms with Crippen molar-refractivity contribution in [3.63, 3.8) is 0 Å². The Morgan fingerprint density at radius 1 is 1.05 bits per heavy atom. The van der Waals surface area contributed by atoms with E-state index in [4.69, 9.17) is 0 Å². The van der Waals surface area contributed by atoms with E-state index in [9.17, 15) is 0 Å². The lowest BCUT2D eigenvalue weighted by molar-refractivity contribution is 0.313. The maximum atomic E-state index is 3.67. The molecular formula is C19H18BrNS. The van der Waals surface area contributed by atoms with Gasteiger partial charge >= 0.3 is 0 Å². The maximum absolute atomic E-state index is 3.67. The lowest BCUT2D eigenvalue weighted by Crippen LogP contribution is -2.27. The molecule has 4 rings (SSSR count). The highest BCUT2D eigenvalue weighted by Gasteiger charge is 2.22. The minimum atomic E-state index is 1.16. The van der Waals surface area contributed by atoms with Gasteiger partial charge in [0.2, 0.25) is 0 Å². The van der Waals surface area contributed by atoms with E-state index in [0.717, 1.165) is 13.1 Å². The molecule has 1 aliphatic heterocycles. The first kappa shape index (κ1) is 14.4. The van der Waals surface area contributed by atoms with Crippen molar-refractivity contribution in [2.24, 2.45) is 0 Å². The van der Waals surface area contributed by atoms with Crippen LogP contribution in [-0.4, -0.2) is 25.0 Å². The molecule has 2 aromatic rings. The summed E-state index contributed by atoms with van der Waals surface area (Å²) in [5, 5.41) is 0. The van der Waals surface area contributed by atoms with E-state index in [1.54, 1.807) is 5.57 Å². The summed E-state index contributed by atoms with van der Waals surface area (Å²) >= 11 is 5.50. The molecule has 1 fully saturated rings. The van der Waals surface area contributed by atoms with Gasteiger partial charge in [0.15, 0.2) is 0 Å². The molecule has 0 unspecified atom stereocenters. The molecule has 1 aromatic carbocycles. The fourth-order valence-electron chi connectivity index (χ4n) is 3.39. The van der Waals surface area contributed by atoms with Crippen LogP contribution in [0.15, 0.2) is 39.7 Å². The van der Waals surface area contributed by atoms with Crippen LogP contribution in [0.2, 0.25) is 0 Å². The molecule has 112 valence electrons. The van der Waals surface area contributed by atoms with Crippen molar-refractivity contribution in [3.05, 3.63) is 61.3 Å². The predicted octanol–water partition coefficient (Wildman–Crippen LogP) is 5.52. The number of nitrogens with zero attached hydrogens (tertiary/aromatic N) is 1. The summed E-state index contributed by atoms with van der Waals surface area (Å²) < 4.78 is 1.22. The van der Waals surface area contributed by atoms with Gasteiger partial charge < -0.3 is 4.90 Å². The molecule has 0 amide bonds. The van der Waals surface area contributed by atoms with Crippen molar-refractivity contribution in [2.45, 2.75) is 12.8 Å². The largest absolute Gasteiger partial charge is 0.306 e. The number of halogens is 1. The van der Waals surface area contributed by atoms with Gasteiger partial charge in [-0.15, -0.1) is 11.3 Å². The summed E-state index contributed by atoms with van der Waals surface area (Å²) in [6.45, 7) is 2.32. The highest BCUT2D eigenvalue weighted by molar-refractivity contribution is 9.11. The first-order valence-electron chi connectivity index (χ1n) is 7.70. The molecule has 1 saturated heterocycles. The van der Waals surface area contributed by atoms with Crippen LogP contribution in [-0.2, 0) is 0 Å². The summed E-state index contributed by atoms with van der Waals surface area (Å²) in [4.78, 5) is 3.79. The maximum Gasteiger partial charge on any atom is 0.0711 e. The summed E-state index contributed by atoms with van der Waals surface area (Å²) in [6, 6.07) is 11.1. The summed E-state index contributed by atoms with van der Waals surface area (Å²) in [6.07, 6.45) is 6.88. The van der Waals surface area contributed by atoms with Gasteiger partial charge in [0.25, 0.3) is 0 Å². The van der Waals surface area contributed by atoms with E-state index in [-0.39, 0.29) is 0 Å². The number of piperidine rings is 1. The Bertz CT molecular complexity index is 774. The first-order chi connectivity index (χ1) is 10.7. The van der Waals surface area contributed by atoms with Crippen molar-refractivity contribution >= 4 is 45.0 Å². The van der Waals surface area contributed by atoms with Crippen molar-refractivity contribution in [3.8, 4) is 0 Å². The minimum absolute atomic E-state index is 1.16. The minimum Gasteiger partial charge on any atom is -0.306 e. The molecule has 2 aliphatic rings. The molecule has 0 saturated carbocycles. The normalized spacial score (nSPS) is 18.1. The van der Waals surface area contributed by atoms with Crippen LogP contribution in [0.3, 0.4) is 0 Å². The second kappa shape index (κ2) is 5.80. The molecule has 1 aliphatic carbocycles. The Balaban J connectivity index is 1.95. The highest BCUT2D eigenvalue weighted by Crippen LogP contribution is 2.42. The molecule has 0 bridgehead atoms. The van der Waals surface area contributed by atoms with Crippen LogP contribution in [0.5, 0.6) is 0 Å². The van der Waals surface area contributed by atoms with E-state index in [1.807, 2.05) is 11.3 Å². The Morgan fingerprint density at radius 2 is 1.82 bits per heavy atom. The van der Waals surface area contributed by atoms with Crippen LogP contribution in [0.1, 0.15) is 34.4 Å². The van der Waals surface area contributed by atoms with E-state index in [1.165, 1.54) is 43.8 Å². The fourth-order valence-corrected chi connectivity index (χ4v) is 4.94. The number of fused-ring (bicyclic) bond motifs is 2. The Hall–Kier alpha value is -1.16. The number of likely N-dealkylation sites (tertiary alicyclic amines) is 1. The van der Waals surface area contributed by atoms with Gasteiger partial charge in [-0.25, -0.2) is 0 Å². The molecule has 2 heterocycles. The molecule has 0 atom stereocenters. The van der Waals surface area contributed by atoms with Gasteiger partial charge in [0, 0.05) is 23.5 Å². The van der Waals surface area contributed by atoms with Crippen LogP contribution in [0.4, 0.5) is 0 Å². The number of hydrogen-bond acceptors (Lipinski definition) is 2. The van der Waals surface area contributed by atoms with Gasteiger partial charge in [-0.05, 0) is 64.7 Å². The predicted molar refractivity (Wildman–Crippen MR) is 100 cm³/mol. The van der Waals surface area contributed by atoms with Crippen LogP contribution in [0, 0.1) is 0 Å². The molecule has 22 heavy (non-hydrogen) atoms. The lowest BCUT2D eigenvalue weighted by atomic mass is 9.87. The number of thiophene rings is 1. The molecule has 0 spiro atoms. The van der Waals surface area contributed by atoms with Crippen molar-refractivity contribution in [2.75, 3.05) is 20.1 Å². The van der Waals surface area contributed by atoms with Crippen molar-refractivity contribution < 1.29 is 0 Å². The van der Waals surface area contributed by atoms with Gasteiger partial charge in [0.05, 0.1) is 3.79 Å². The van der Waals surface area contributed by atoms with Gasteiger partial charge in [-0.3, -0.25) is 0 Å². The monoisotopic (exact) mass is 371 g/mol. The van der Waals surface area contributed by atoms with E-state index >= 15 is 0 Å². The summed E-state index contributed by atoms with van der Waals surface area (Å²) in [7, 11) is 2.22. The molecule has 1 aromatic heterocycles. The molecule has 0 radical (unpaired) electrons. The fraction of sp³-hybridized carbons (Fsp3) is 0.263. The van der Waals surface area contributed by atoms with Crippen LogP contribution >= 0.6 is 27.3 Å². The van der Waals surface area contributed by atoms with Crippen molar-refractivity contribution in [1.82, 2.24) is 4.90 Å². The molecule has 1 nitrogen and oxygen atoms in total. The van der Waals surface area contributed by atoms with Gasteiger partial charge in [0.1, 0.15) is 0 Å². The second-order valence-corrected chi connectivity index (χ2v) is 8.49. The zero-order valence-corrected chi connectivity index (χ0v) is 15.0. The van der Waals surface area contributed by atoms with Crippen LogP contribution < -0.4 is 0 Å². The topological polar surface area (TPSA) is 3.24 Å². The summed E-state index contributed by atoms with van der Waals surface area (Å²) in [5.41, 5.74) is 7.22. The van der Waals surface area contributed by atoms with Crippen molar-refractivity contribution in [1.29, 1.82) is 0 Å². The third-order valence-electron chi connectivity index (χ3n) is 4.59. The third-order valence-corrected chi connectivity index (χ3v) is 6.19. The quantitative estimate of drug-likeness (QED) is 0.502. The molecular weight excluding hydrogens is 354 g/mol. The average molecular weight is 372 g/mol. The highest BCUT2D eigenvalue weighted by atomic mass is 79.9. The Kier molecular flexibility index (Phi) is 3.81. The van der Waals surface area contributed by atoms with Gasteiger partial charge in [-0.2, -0.15) is 0 Å². The van der Waals surface area contributed by atoms with E-state index in [0.29, 0.717) is 0 Å². The SMILES string of the molecule is CN1CCC(=C2c3ccccc3C=Cc3sc(Br)cc32)CC1. The van der Waals surface area contributed by atoms with Gasteiger partial charge in [-0.1, -0.05) is 35.9 Å². The standard InChI is InChI=1S/C19H18BrNS/c1-21-10-8-14(9-11-21)19-15-5-3-2-4-13(15)6-7-17-16(19)12-18(20)22-17/h2-7,12H,8-11H2,1H3. The lowest BCUT2D eigenvalue weighted by Gasteiger charge is -2.27. The van der Waals surface area contributed by atoms with E-state index < -0.39 is 0 Å². The summed E-state index contributed by atoms with van der Waals surface area (Å²) in [5.74, 6) is 0.